The van der Waals surface area contributed by atoms with Gasteiger partial charge in [-0.25, -0.2) is 0 Å². The summed E-state index contributed by atoms with van der Waals surface area (Å²) in [5.74, 6) is -0.765. The van der Waals surface area contributed by atoms with Crippen LogP contribution in [0, 0.1) is 5.92 Å². The van der Waals surface area contributed by atoms with E-state index in [1.807, 2.05) is 54.6 Å². The van der Waals surface area contributed by atoms with Crippen molar-refractivity contribution in [3.8, 4) is 11.3 Å². The fourth-order valence-electron chi connectivity index (χ4n) is 4.04. The highest BCUT2D eigenvalue weighted by Crippen LogP contribution is 2.28. The molecule has 0 aliphatic rings. The van der Waals surface area contributed by atoms with Gasteiger partial charge in [-0.1, -0.05) is 36.4 Å². The van der Waals surface area contributed by atoms with E-state index in [9.17, 15) is 18.0 Å². The zero-order valence-corrected chi connectivity index (χ0v) is 21.4. The Morgan fingerprint density at radius 3 is 2.37 bits per heavy atom. The molecule has 0 saturated carbocycles. The Bertz CT molecular complexity index is 1510. The molecule has 1 heterocycles. The largest absolute Gasteiger partial charge is 0.456 e. The second-order valence-electron chi connectivity index (χ2n) is 8.88. The van der Waals surface area contributed by atoms with E-state index < -0.39 is 21.8 Å². The first kappa shape index (κ1) is 26.8. The van der Waals surface area contributed by atoms with E-state index in [0.717, 1.165) is 27.9 Å². The van der Waals surface area contributed by atoms with Gasteiger partial charge in [0.1, 0.15) is 11.3 Å². The van der Waals surface area contributed by atoms with Gasteiger partial charge >= 0.3 is 0 Å². The van der Waals surface area contributed by atoms with E-state index >= 15 is 0 Å². The second-order valence-corrected chi connectivity index (χ2v) is 10.5. The van der Waals surface area contributed by atoms with Gasteiger partial charge in [-0.2, -0.15) is 8.42 Å². The lowest BCUT2D eigenvalue weighted by molar-refractivity contribution is -0.119. The van der Waals surface area contributed by atoms with Crippen LogP contribution >= 0.6 is 0 Å². The Morgan fingerprint density at radius 1 is 1.00 bits per heavy atom. The van der Waals surface area contributed by atoms with Crippen LogP contribution in [0.25, 0.3) is 22.3 Å². The van der Waals surface area contributed by atoms with E-state index in [1.165, 1.54) is 0 Å². The minimum absolute atomic E-state index is 0.145. The van der Waals surface area contributed by atoms with Crippen molar-refractivity contribution in [1.29, 1.82) is 0 Å². The molecule has 0 aliphatic heterocycles. The fraction of sp³-hybridized carbons (Fsp3) is 0.172. The number of hydrogen-bond acceptors (Lipinski definition) is 5. The van der Waals surface area contributed by atoms with Gasteiger partial charge in [0, 0.05) is 34.7 Å². The highest BCUT2D eigenvalue weighted by atomic mass is 32.2. The summed E-state index contributed by atoms with van der Waals surface area (Å²) in [5, 5.41) is 6.43. The van der Waals surface area contributed by atoms with Gasteiger partial charge < -0.3 is 15.1 Å². The predicted octanol–water partition coefficient (Wildman–Crippen LogP) is 5.09. The molecule has 0 bridgehead atoms. The van der Waals surface area contributed by atoms with Crippen molar-refractivity contribution in [3.63, 3.8) is 0 Å². The molecule has 2 amide bonds. The average molecular weight is 533 g/mol. The van der Waals surface area contributed by atoms with Gasteiger partial charge in [0.2, 0.25) is 5.91 Å². The molecule has 3 N–H and O–H groups in total. The van der Waals surface area contributed by atoms with Crippen molar-refractivity contribution in [2.75, 3.05) is 17.6 Å². The number of furan rings is 1. The lowest BCUT2D eigenvalue weighted by Crippen LogP contribution is -2.29. The molecule has 0 aliphatic carbocycles. The van der Waals surface area contributed by atoms with Crippen molar-refractivity contribution in [2.24, 2.45) is 5.92 Å². The molecule has 38 heavy (non-hydrogen) atoms. The summed E-state index contributed by atoms with van der Waals surface area (Å²) in [5.41, 5.74) is 3.60. The Balaban J connectivity index is 1.36. The smallest absolute Gasteiger partial charge is 0.266 e. The Kier molecular flexibility index (Phi) is 8.40. The third kappa shape index (κ3) is 7.18. The molecule has 4 rings (SSSR count). The third-order valence-corrected chi connectivity index (χ3v) is 6.75. The summed E-state index contributed by atoms with van der Waals surface area (Å²) < 4.78 is 36.2. The molecule has 0 radical (unpaired) electrons. The van der Waals surface area contributed by atoms with E-state index in [0.29, 0.717) is 24.1 Å². The number of carbonyl (C=O) groups excluding carboxylic acids is 2. The fourth-order valence-corrected chi connectivity index (χ4v) is 4.40. The molecular formula is C29H28N2O6S. The number of nitrogens with one attached hydrogen (secondary N) is 2. The first-order valence-corrected chi connectivity index (χ1v) is 13.7. The van der Waals surface area contributed by atoms with Crippen LogP contribution in [0.5, 0.6) is 0 Å². The average Bonchev–Trinajstić information content (AvgIpc) is 3.33. The molecule has 4 aromatic rings. The molecule has 9 heteroatoms. The van der Waals surface area contributed by atoms with Gasteiger partial charge in [-0.15, -0.1) is 6.58 Å². The SMILES string of the molecule is C=CCC(Cc1ccc(C(=O)NCCS(=O)(=O)O)cc1)C(=O)Nc1ccc(-c2cc3ccccc3o2)cc1. The normalized spacial score (nSPS) is 12.1. The van der Waals surface area contributed by atoms with Crippen LogP contribution in [0.15, 0.2) is 95.9 Å². The topological polar surface area (TPSA) is 126 Å². The van der Waals surface area contributed by atoms with Crippen LogP contribution in [0.4, 0.5) is 5.69 Å². The van der Waals surface area contributed by atoms with Crippen LogP contribution in [-0.4, -0.2) is 37.1 Å². The maximum atomic E-state index is 13.0. The maximum Gasteiger partial charge on any atom is 0.266 e. The quantitative estimate of drug-likeness (QED) is 0.182. The molecule has 1 atom stereocenters. The lowest BCUT2D eigenvalue weighted by Gasteiger charge is -2.16. The summed E-state index contributed by atoms with van der Waals surface area (Å²) >= 11 is 0. The number of hydrogen-bond donors (Lipinski definition) is 3. The van der Waals surface area contributed by atoms with E-state index in [4.69, 9.17) is 8.97 Å². The van der Waals surface area contributed by atoms with Crippen LogP contribution in [0.3, 0.4) is 0 Å². The molecule has 0 saturated heterocycles. The van der Waals surface area contributed by atoms with Crippen LogP contribution in [-0.2, 0) is 21.3 Å². The molecular weight excluding hydrogens is 504 g/mol. The first-order valence-electron chi connectivity index (χ1n) is 12.0. The van der Waals surface area contributed by atoms with Gasteiger partial charge in [-0.05, 0) is 66.9 Å². The van der Waals surface area contributed by atoms with Crippen molar-refractivity contribution >= 4 is 38.6 Å². The second kappa shape index (κ2) is 11.9. The van der Waals surface area contributed by atoms with Gasteiger partial charge in [-0.3, -0.25) is 14.1 Å². The summed E-state index contributed by atoms with van der Waals surface area (Å²) in [6.45, 7) is 3.58. The number of benzene rings is 3. The molecule has 0 fully saturated rings. The Morgan fingerprint density at radius 2 is 1.71 bits per heavy atom. The molecule has 0 spiro atoms. The molecule has 196 valence electrons. The summed E-state index contributed by atoms with van der Waals surface area (Å²) in [6, 6.07) is 24.0. The molecule has 1 aromatic heterocycles. The first-order chi connectivity index (χ1) is 18.2. The summed E-state index contributed by atoms with van der Waals surface area (Å²) in [7, 11) is -4.14. The summed E-state index contributed by atoms with van der Waals surface area (Å²) in [6.07, 6.45) is 2.62. The van der Waals surface area contributed by atoms with Crippen LogP contribution in [0.2, 0.25) is 0 Å². The number of amides is 2. The Labute approximate surface area is 221 Å². The molecule has 1 unspecified atom stereocenters. The number of carbonyl (C=O) groups is 2. The number of anilines is 1. The summed E-state index contributed by atoms with van der Waals surface area (Å²) in [4.78, 5) is 25.2. The van der Waals surface area contributed by atoms with Gasteiger partial charge in [0.25, 0.3) is 16.0 Å². The van der Waals surface area contributed by atoms with Crippen molar-refractivity contribution in [3.05, 3.63) is 103 Å². The number of rotatable bonds is 11. The van der Waals surface area contributed by atoms with Crippen molar-refractivity contribution < 1.29 is 27.0 Å². The number of para-hydroxylation sites is 1. The van der Waals surface area contributed by atoms with Gasteiger partial charge in [0.15, 0.2) is 0 Å². The van der Waals surface area contributed by atoms with Crippen molar-refractivity contribution in [1.82, 2.24) is 5.32 Å². The maximum absolute atomic E-state index is 13.0. The lowest BCUT2D eigenvalue weighted by atomic mass is 9.94. The highest BCUT2D eigenvalue weighted by molar-refractivity contribution is 7.85. The monoisotopic (exact) mass is 532 g/mol. The zero-order chi connectivity index (χ0) is 27.1. The Hall–Kier alpha value is -4.21. The van der Waals surface area contributed by atoms with Crippen molar-refractivity contribution in [2.45, 2.75) is 12.8 Å². The molecule has 3 aromatic carbocycles. The molecule has 8 nitrogen and oxygen atoms in total. The standard InChI is InChI=1S/C29H28N2O6S/c1-2-5-24(18-20-8-10-22(11-9-20)28(32)30-16-17-38(34,35)36)29(33)31-25-14-12-21(13-15-25)27-19-23-6-3-4-7-26(23)37-27/h2-4,6-15,19,24H,1,5,16-18H2,(H,30,32)(H,31,33)(H,34,35,36). The minimum atomic E-state index is -4.14. The zero-order valence-electron chi connectivity index (χ0n) is 20.6. The van der Waals surface area contributed by atoms with Gasteiger partial charge in [0.05, 0.1) is 5.75 Å². The van der Waals surface area contributed by atoms with E-state index in [2.05, 4.69) is 17.2 Å². The van der Waals surface area contributed by atoms with Crippen LogP contribution in [0.1, 0.15) is 22.3 Å². The van der Waals surface area contributed by atoms with E-state index in [-0.39, 0.29) is 18.4 Å². The van der Waals surface area contributed by atoms with E-state index in [1.54, 1.807) is 30.3 Å². The van der Waals surface area contributed by atoms with Crippen LogP contribution < -0.4 is 10.6 Å². The number of allylic oxidation sites excluding steroid dienone is 1. The minimum Gasteiger partial charge on any atom is -0.456 e. The highest BCUT2D eigenvalue weighted by Gasteiger charge is 2.19. The number of fused-ring (bicyclic) bond motifs is 1. The third-order valence-electron chi connectivity index (χ3n) is 6.03. The predicted molar refractivity (Wildman–Crippen MR) is 147 cm³/mol.